The number of H-pyrrole nitrogens is 1. The summed E-state index contributed by atoms with van der Waals surface area (Å²) in [7, 11) is 0. The predicted octanol–water partition coefficient (Wildman–Crippen LogP) is 6.43. The first kappa shape index (κ1) is 22.4. The number of nitrogens with zero attached hydrogens (tertiary/aromatic N) is 2. The topological polar surface area (TPSA) is 39.3 Å². The van der Waals surface area contributed by atoms with Gasteiger partial charge in [0.15, 0.2) is 5.78 Å². The number of nitrogens with one attached hydrogen (secondary N) is 1. The Morgan fingerprint density at radius 3 is 2.50 bits per heavy atom. The Morgan fingerprint density at radius 2 is 1.79 bits per heavy atom. The minimum Gasteiger partial charge on any atom is -0.371 e. The molecule has 5 heteroatoms. The van der Waals surface area contributed by atoms with Crippen LogP contribution in [0.25, 0.3) is 10.9 Å². The highest BCUT2D eigenvalue weighted by atomic mass is 79.9. The monoisotopic (exact) mass is 519 g/mol. The van der Waals surface area contributed by atoms with E-state index in [1.165, 1.54) is 50.0 Å². The van der Waals surface area contributed by atoms with Crippen LogP contribution in [0.1, 0.15) is 79.2 Å². The number of likely N-dealkylation sites (tertiary alicyclic amines) is 1. The molecule has 0 atom stereocenters. The Balaban J connectivity index is 1.39. The molecule has 0 saturated carbocycles. The summed E-state index contributed by atoms with van der Waals surface area (Å²) in [5, 5.41) is 1.02. The van der Waals surface area contributed by atoms with Crippen LogP contribution < -0.4 is 4.90 Å². The zero-order valence-corrected chi connectivity index (χ0v) is 22.1. The van der Waals surface area contributed by atoms with E-state index < -0.39 is 0 Å². The molecule has 178 valence electrons. The van der Waals surface area contributed by atoms with Gasteiger partial charge in [-0.1, -0.05) is 42.8 Å². The number of ketones is 1. The molecule has 2 aromatic carbocycles. The molecule has 3 aromatic rings. The molecule has 6 rings (SSSR count). The van der Waals surface area contributed by atoms with E-state index in [4.69, 9.17) is 0 Å². The van der Waals surface area contributed by atoms with Gasteiger partial charge in [0.25, 0.3) is 0 Å². The zero-order valence-electron chi connectivity index (χ0n) is 20.5. The maximum Gasteiger partial charge on any atom is 0.195 e. The Kier molecular flexibility index (Phi) is 5.42. The third-order valence-corrected chi connectivity index (χ3v) is 9.09. The number of piperidine rings is 1. The number of aryl methyl sites for hydroxylation is 1. The van der Waals surface area contributed by atoms with Gasteiger partial charge in [-0.2, -0.15) is 0 Å². The van der Waals surface area contributed by atoms with Gasteiger partial charge in [-0.05, 0) is 80.6 Å². The molecule has 0 spiro atoms. The molecule has 1 aromatic heterocycles. The van der Waals surface area contributed by atoms with Gasteiger partial charge in [0, 0.05) is 56.9 Å². The minimum absolute atomic E-state index is 0.159. The van der Waals surface area contributed by atoms with Crippen molar-refractivity contribution in [3.63, 3.8) is 0 Å². The highest BCUT2D eigenvalue weighted by Crippen LogP contribution is 2.46. The second kappa shape index (κ2) is 8.23. The number of rotatable bonds is 3. The van der Waals surface area contributed by atoms with Crippen molar-refractivity contribution in [3.8, 4) is 0 Å². The molecule has 2 saturated heterocycles. The first-order valence-corrected chi connectivity index (χ1v) is 13.7. The number of fused-ring (bicyclic) bond motifs is 4. The SMILES string of the molecule is CCc1cc2c(cc1N1CCC(N3CCCC3)CC1)C(C)(C)c1[nH]c3cc(Br)ccc3c1C2=O. The van der Waals surface area contributed by atoms with E-state index in [1.54, 1.807) is 0 Å². The van der Waals surface area contributed by atoms with Gasteiger partial charge >= 0.3 is 0 Å². The molecule has 0 bridgehead atoms. The summed E-state index contributed by atoms with van der Waals surface area (Å²) in [6, 6.07) is 11.5. The lowest BCUT2D eigenvalue weighted by Crippen LogP contribution is -2.44. The summed E-state index contributed by atoms with van der Waals surface area (Å²) >= 11 is 3.58. The summed E-state index contributed by atoms with van der Waals surface area (Å²) in [5.74, 6) is 0.159. The van der Waals surface area contributed by atoms with Crippen molar-refractivity contribution in [2.75, 3.05) is 31.1 Å². The van der Waals surface area contributed by atoms with Gasteiger partial charge in [0.2, 0.25) is 0 Å². The van der Waals surface area contributed by atoms with Gasteiger partial charge in [0.05, 0.1) is 5.56 Å². The summed E-state index contributed by atoms with van der Waals surface area (Å²) in [5.41, 5.74) is 7.32. The van der Waals surface area contributed by atoms with Crippen molar-refractivity contribution in [2.24, 2.45) is 0 Å². The van der Waals surface area contributed by atoms with Gasteiger partial charge in [-0.15, -0.1) is 0 Å². The third kappa shape index (κ3) is 3.38. The molecular formula is C29H34BrN3O. The van der Waals surface area contributed by atoms with Crippen molar-refractivity contribution in [1.29, 1.82) is 0 Å². The molecule has 1 aliphatic carbocycles. The largest absolute Gasteiger partial charge is 0.371 e. The van der Waals surface area contributed by atoms with Crippen molar-refractivity contribution >= 4 is 38.3 Å². The van der Waals surface area contributed by atoms with Crippen LogP contribution in [0.15, 0.2) is 34.8 Å². The molecular weight excluding hydrogens is 486 g/mol. The fraction of sp³-hybridized carbons (Fsp3) is 0.483. The summed E-state index contributed by atoms with van der Waals surface area (Å²) in [6.07, 6.45) is 6.14. The van der Waals surface area contributed by atoms with Crippen molar-refractivity contribution in [1.82, 2.24) is 9.88 Å². The van der Waals surface area contributed by atoms with E-state index in [0.29, 0.717) is 0 Å². The van der Waals surface area contributed by atoms with Gasteiger partial charge < -0.3 is 14.8 Å². The number of hydrogen-bond acceptors (Lipinski definition) is 3. The number of aromatic nitrogens is 1. The van der Waals surface area contributed by atoms with E-state index in [2.05, 4.69) is 75.8 Å². The number of carbonyl (C=O) groups excluding carboxylic acids is 1. The standard InChI is InChI=1S/C29H34BrN3O/c1-4-18-15-22-23(17-25(18)33-13-9-20(10-14-33)32-11-5-6-12-32)29(2,3)28-26(27(22)34)21-8-7-19(30)16-24(21)31-28/h7-8,15-17,20,31H,4-6,9-14H2,1-3H3. The molecule has 0 amide bonds. The Labute approximate surface area is 210 Å². The molecule has 2 aliphatic heterocycles. The second-order valence-corrected chi connectivity index (χ2v) is 11.8. The van der Waals surface area contributed by atoms with Crippen molar-refractivity contribution in [2.45, 2.75) is 64.3 Å². The average molecular weight is 521 g/mol. The Bertz CT molecular complexity index is 1280. The molecule has 3 heterocycles. The quantitative estimate of drug-likeness (QED) is 0.433. The molecule has 0 unspecified atom stereocenters. The van der Waals surface area contributed by atoms with Gasteiger partial charge in [-0.3, -0.25) is 4.79 Å². The van der Waals surface area contributed by atoms with Crippen LogP contribution in [-0.4, -0.2) is 47.9 Å². The molecule has 4 nitrogen and oxygen atoms in total. The highest BCUT2D eigenvalue weighted by molar-refractivity contribution is 9.10. The lowest BCUT2D eigenvalue weighted by Gasteiger charge is -2.40. The molecule has 2 fully saturated rings. The Morgan fingerprint density at radius 1 is 1.06 bits per heavy atom. The van der Waals surface area contributed by atoms with Gasteiger partial charge in [-0.25, -0.2) is 0 Å². The van der Waals surface area contributed by atoms with Crippen LogP contribution in [0.4, 0.5) is 5.69 Å². The lowest BCUT2D eigenvalue weighted by molar-refractivity contribution is 0.103. The van der Waals surface area contributed by atoms with Crippen LogP contribution in [0, 0.1) is 0 Å². The smallest absolute Gasteiger partial charge is 0.195 e. The van der Waals surface area contributed by atoms with Crippen LogP contribution in [0.5, 0.6) is 0 Å². The van der Waals surface area contributed by atoms with E-state index in [9.17, 15) is 4.79 Å². The van der Waals surface area contributed by atoms with Gasteiger partial charge in [0.1, 0.15) is 0 Å². The maximum atomic E-state index is 13.9. The molecule has 3 aliphatic rings. The van der Waals surface area contributed by atoms with Crippen LogP contribution in [0.2, 0.25) is 0 Å². The third-order valence-electron chi connectivity index (χ3n) is 8.59. The highest BCUT2D eigenvalue weighted by Gasteiger charge is 2.40. The fourth-order valence-corrected chi connectivity index (χ4v) is 7.00. The van der Waals surface area contributed by atoms with E-state index >= 15 is 0 Å². The maximum absolute atomic E-state index is 13.9. The van der Waals surface area contributed by atoms with Crippen LogP contribution in [0.3, 0.4) is 0 Å². The lowest BCUT2D eigenvalue weighted by atomic mass is 9.70. The fourth-order valence-electron chi connectivity index (χ4n) is 6.64. The second-order valence-electron chi connectivity index (χ2n) is 10.9. The molecule has 1 N–H and O–H groups in total. The van der Waals surface area contributed by atoms with Crippen molar-refractivity contribution in [3.05, 3.63) is 62.8 Å². The number of anilines is 1. The van der Waals surface area contributed by atoms with E-state index in [-0.39, 0.29) is 11.2 Å². The predicted molar refractivity (Wildman–Crippen MR) is 143 cm³/mol. The summed E-state index contributed by atoms with van der Waals surface area (Å²) in [6.45, 7) is 11.5. The molecule has 0 radical (unpaired) electrons. The Hall–Kier alpha value is -2.11. The first-order valence-electron chi connectivity index (χ1n) is 12.9. The zero-order chi connectivity index (χ0) is 23.6. The number of hydrogen-bond donors (Lipinski definition) is 1. The molecule has 34 heavy (non-hydrogen) atoms. The summed E-state index contributed by atoms with van der Waals surface area (Å²) < 4.78 is 1.02. The van der Waals surface area contributed by atoms with Crippen LogP contribution >= 0.6 is 15.9 Å². The minimum atomic E-state index is -0.265. The van der Waals surface area contributed by atoms with Crippen LogP contribution in [-0.2, 0) is 11.8 Å². The normalized spacial score (nSPS) is 20.7. The van der Waals surface area contributed by atoms with E-state index in [0.717, 1.165) is 63.3 Å². The number of carbonyl (C=O) groups is 1. The van der Waals surface area contributed by atoms with Crippen molar-refractivity contribution < 1.29 is 4.79 Å². The number of halogens is 1. The summed E-state index contributed by atoms with van der Waals surface area (Å²) in [4.78, 5) is 22.8. The average Bonchev–Trinajstić information content (AvgIpc) is 3.51. The first-order chi connectivity index (χ1) is 16.4. The number of benzene rings is 2. The van der Waals surface area contributed by atoms with E-state index in [1.807, 2.05) is 6.07 Å². The number of aromatic amines is 1.